The minimum Gasteiger partial charge on any atom is -0.361 e. The molecule has 0 aliphatic carbocycles. The van der Waals surface area contributed by atoms with Crippen molar-refractivity contribution in [2.45, 2.75) is 20.3 Å². The highest BCUT2D eigenvalue weighted by molar-refractivity contribution is 6.04. The second-order valence-electron chi connectivity index (χ2n) is 7.10. The van der Waals surface area contributed by atoms with E-state index in [-0.39, 0.29) is 5.91 Å². The van der Waals surface area contributed by atoms with Gasteiger partial charge < -0.3 is 15.6 Å². The number of aromatic nitrogens is 3. The zero-order valence-corrected chi connectivity index (χ0v) is 16.5. The van der Waals surface area contributed by atoms with Gasteiger partial charge in [0.1, 0.15) is 0 Å². The number of amides is 1. The van der Waals surface area contributed by atoms with Gasteiger partial charge in [-0.1, -0.05) is 35.9 Å². The van der Waals surface area contributed by atoms with Crippen LogP contribution in [0.2, 0.25) is 0 Å². The molecule has 0 atom stereocenters. The van der Waals surface area contributed by atoms with Crippen LogP contribution in [-0.2, 0) is 6.42 Å². The van der Waals surface area contributed by atoms with E-state index in [0.717, 1.165) is 28.8 Å². The number of benzene rings is 2. The number of hydrogen-bond acceptors (Lipinski definition) is 4. The minimum absolute atomic E-state index is 0.220. The predicted molar refractivity (Wildman–Crippen MR) is 116 cm³/mol. The third-order valence-electron chi connectivity index (χ3n) is 4.90. The average Bonchev–Trinajstić information content (AvgIpc) is 3.14. The number of nitrogens with one attached hydrogen (secondary N) is 3. The first-order chi connectivity index (χ1) is 14.1. The van der Waals surface area contributed by atoms with E-state index in [4.69, 9.17) is 0 Å². The highest BCUT2D eigenvalue weighted by Crippen LogP contribution is 2.18. The Labute approximate surface area is 169 Å². The summed E-state index contributed by atoms with van der Waals surface area (Å²) in [7, 11) is 0. The highest BCUT2D eigenvalue weighted by atomic mass is 16.1. The summed E-state index contributed by atoms with van der Waals surface area (Å²) < 4.78 is 0. The third-order valence-corrected chi connectivity index (χ3v) is 4.90. The van der Waals surface area contributed by atoms with Gasteiger partial charge in [-0.05, 0) is 43.5 Å². The lowest BCUT2D eigenvalue weighted by molar-refractivity contribution is 0.102. The van der Waals surface area contributed by atoms with E-state index in [9.17, 15) is 4.79 Å². The van der Waals surface area contributed by atoms with Crippen LogP contribution in [0.3, 0.4) is 0 Å². The molecule has 6 nitrogen and oxygen atoms in total. The Morgan fingerprint density at radius 2 is 1.86 bits per heavy atom. The second kappa shape index (κ2) is 8.14. The van der Waals surface area contributed by atoms with Crippen molar-refractivity contribution < 1.29 is 4.79 Å². The highest BCUT2D eigenvalue weighted by Gasteiger charge is 2.09. The van der Waals surface area contributed by atoms with Crippen LogP contribution in [0.5, 0.6) is 0 Å². The largest absolute Gasteiger partial charge is 0.361 e. The second-order valence-corrected chi connectivity index (χ2v) is 7.10. The van der Waals surface area contributed by atoms with Crippen LogP contribution in [0.15, 0.2) is 61.1 Å². The average molecular weight is 385 g/mol. The smallest absolute Gasteiger partial charge is 0.258 e. The summed E-state index contributed by atoms with van der Waals surface area (Å²) in [6.07, 6.45) is 5.97. The van der Waals surface area contributed by atoms with Gasteiger partial charge in [0.2, 0.25) is 5.95 Å². The van der Waals surface area contributed by atoms with Crippen molar-refractivity contribution in [3.63, 3.8) is 0 Å². The van der Waals surface area contributed by atoms with Crippen LogP contribution < -0.4 is 10.6 Å². The Bertz CT molecular complexity index is 1150. The molecule has 4 rings (SSSR count). The number of para-hydroxylation sites is 1. The number of aromatic amines is 1. The maximum atomic E-state index is 12.4. The number of fused-ring (bicyclic) bond motifs is 1. The van der Waals surface area contributed by atoms with Crippen molar-refractivity contribution in [1.29, 1.82) is 0 Å². The fraction of sp³-hybridized carbons (Fsp3) is 0.174. The van der Waals surface area contributed by atoms with Crippen molar-refractivity contribution in [3.05, 3.63) is 83.3 Å². The number of carbonyl (C=O) groups excluding carboxylic acids is 1. The molecule has 0 bridgehead atoms. The zero-order chi connectivity index (χ0) is 20.2. The van der Waals surface area contributed by atoms with Gasteiger partial charge in [0.05, 0.1) is 5.56 Å². The Balaban J connectivity index is 1.34. The van der Waals surface area contributed by atoms with Crippen molar-refractivity contribution in [2.24, 2.45) is 0 Å². The summed E-state index contributed by atoms with van der Waals surface area (Å²) >= 11 is 0. The molecule has 0 fully saturated rings. The van der Waals surface area contributed by atoms with E-state index in [2.05, 4.69) is 37.7 Å². The SMILES string of the molecule is Cc1ccc(NC(=O)c2cnc(NCCc3c[nH]c4ccccc34)nc2)c(C)c1. The van der Waals surface area contributed by atoms with Crippen LogP contribution in [-0.4, -0.2) is 27.4 Å². The molecule has 146 valence electrons. The summed E-state index contributed by atoms with van der Waals surface area (Å²) in [5.74, 6) is 0.287. The van der Waals surface area contributed by atoms with E-state index in [0.29, 0.717) is 18.1 Å². The van der Waals surface area contributed by atoms with E-state index in [1.807, 2.05) is 50.4 Å². The van der Waals surface area contributed by atoms with Gasteiger partial charge in [-0.25, -0.2) is 9.97 Å². The van der Waals surface area contributed by atoms with Crippen LogP contribution in [0.25, 0.3) is 10.9 Å². The first-order valence-corrected chi connectivity index (χ1v) is 9.59. The number of anilines is 2. The quantitative estimate of drug-likeness (QED) is 0.457. The van der Waals surface area contributed by atoms with E-state index in [1.54, 1.807) is 12.4 Å². The molecule has 0 aliphatic heterocycles. The number of hydrogen-bond donors (Lipinski definition) is 3. The summed E-state index contributed by atoms with van der Waals surface area (Å²) in [4.78, 5) is 24.3. The topological polar surface area (TPSA) is 82.7 Å². The number of aryl methyl sites for hydroxylation is 2. The van der Waals surface area contributed by atoms with Gasteiger partial charge >= 0.3 is 0 Å². The Hall–Kier alpha value is -3.67. The normalized spacial score (nSPS) is 10.8. The fourth-order valence-corrected chi connectivity index (χ4v) is 3.33. The van der Waals surface area contributed by atoms with E-state index >= 15 is 0 Å². The van der Waals surface area contributed by atoms with Gasteiger partial charge in [-0.2, -0.15) is 0 Å². The molecule has 3 N–H and O–H groups in total. The molecule has 0 spiro atoms. The van der Waals surface area contributed by atoms with E-state index in [1.165, 1.54) is 10.9 Å². The maximum absolute atomic E-state index is 12.4. The zero-order valence-electron chi connectivity index (χ0n) is 16.5. The fourth-order valence-electron chi connectivity index (χ4n) is 3.33. The Morgan fingerprint density at radius 3 is 2.66 bits per heavy atom. The van der Waals surface area contributed by atoms with Gasteiger partial charge in [0, 0.05) is 41.7 Å². The lowest BCUT2D eigenvalue weighted by atomic mass is 10.1. The van der Waals surface area contributed by atoms with Crippen molar-refractivity contribution in [2.75, 3.05) is 17.2 Å². The summed E-state index contributed by atoms with van der Waals surface area (Å²) in [6, 6.07) is 14.2. The monoisotopic (exact) mass is 385 g/mol. The van der Waals surface area contributed by atoms with Gasteiger partial charge in [-0.15, -0.1) is 0 Å². The lowest BCUT2D eigenvalue weighted by Gasteiger charge is -2.09. The standard InChI is InChI=1S/C23H23N5O/c1-15-7-8-20(16(2)11-15)28-22(29)18-13-26-23(27-14-18)24-10-9-17-12-25-21-6-4-3-5-19(17)21/h3-8,11-14,25H,9-10H2,1-2H3,(H,28,29)(H,24,26,27). The Morgan fingerprint density at radius 1 is 1.07 bits per heavy atom. The molecule has 0 saturated heterocycles. The van der Waals surface area contributed by atoms with Crippen LogP contribution in [0.4, 0.5) is 11.6 Å². The first kappa shape index (κ1) is 18.7. The molecule has 29 heavy (non-hydrogen) atoms. The predicted octanol–water partition coefficient (Wildman–Crippen LogP) is 4.48. The van der Waals surface area contributed by atoms with Crippen LogP contribution in [0.1, 0.15) is 27.0 Å². The molecular formula is C23H23N5O. The van der Waals surface area contributed by atoms with Crippen LogP contribution >= 0.6 is 0 Å². The van der Waals surface area contributed by atoms with Gasteiger partial charge in [0.25, 0.3) is 5.91 Å². The molecule has 2 heterocycles. The van der Waals surface area contributed by atoms with Crippen molar-refractivity contribution in [1.82, 2.24) is 15.0 Å². The molecule has 1 amide bonds. The summed E-state index contributed by atoms with van der Waals surface area (Å²) in [6.45, 7) is 4.70. The third kappa shape index (κ3) is 4.27. The van der Waals surface area contributed by atoms with Gasteiger partial charge in [0.15, 0.2) is 0 Å². The molecule has 0 saturated carbocycles. The van der Waals surface area contributed by atoms with Crippen molar-refractivity contribution in [3.8, 4) is 0 Å². The molecule has 2 aromatic heterocycles. The summed E-state index contributed by atoms with van der Waals surface area (Å²) in [5, 5.41) is 7.35. The van der Waals surface area contributed by atoms with Crippen LogP contribution in [0, 0.1) is 13.8 Å². The Kier molecular flexibility index (Phi) is 5.24. The lowest BCUT2D eigenvalue weighted by Crippen LogP contribution is -2.14. The molecule has 0 radical (unpaired) electrons. The number of H-pyrrole nitrogens is 1. The number of nitrogens with zero attached hydrogens (tertiary/aromatic N) is 2. The minimum atomic E-state index is -0.220. The number of carbonyl (C=O) groups is 1. The molecule has 6 heteroatoms. The van der Waals surface area contributed by atoms with E-state index < -0.39 is 0 Å². The number of rotatable bonds is 6. The molecule has 0 aliphatic rings. The summed E-state index contributed by atoms with van der Waals surface area (Å²) in [5.41, 5.74) is 5.78. The van der Waals surface area contributed by atoms with Crippen molar-refractivity contribution >= 4 is 28.4 Å². The first-order valence-electron chi connectivity index (χ1n) is 9.59. The molecule has 0 unspecified atom stereocenters. The molecule has 2 aromatic carbocycles. The maximum Gasteiger partial charge on any atom is 0.258 e. The molecule has 4 aromatic rings. The van der Waals surface area contributed by atoms with Gasteiger partial charge in [-0.3, -0.25) is 4.79 Å². The molecular weight excluding hydrogens is 362 g/mol.